The predicted molar refractivity (Wildman–Crippen MR) is 74.8 cm³/mol. The van der Waals surface area contributed by atoms with Crippen molar-refractivity contribution in [1.82, 2.24) is 0 Å². The molecular weight excluding hydrogens is 243 g/mol. The molecule has 1 unspecified atom stereocenters. The van der Waals surface area contributed by atoms with Crippen LogP contribution in [0.1, 0.15) is 0 Å². The van der Waals surface area contributed by atoms with Crippen molar-refractivity contribution >= 4 is 12.7 Å². The van der Waals surface area contributed by atoms with Crippen LogP contribution in [0.25, 0.3) is 11.1 Å². The highest BCUT2D eigenvalue weighted by Crippen LogP contribution is 2.54. The number of para-hydroxylation sites is 1. The number of rotatable bonds is 2. The molecule has 0 N–H and O–H groups in total. The molecule has 1 aliphatic rings. The minimum Gasteiger partial charge on any atom is -0.439 e. The molecule has 0 aromatic heterocycles. The van der Waals surface area contributed by atoms with Crippen molar-refractivity contribution < 1.29 is 9.09 Å². The molecule has 2 aromatic carbocycles. The van der Waals surface area contributed by atoms with Crippen LogP contribution in [0.3, 0.4) is 0 Å². The summed E-state index contributed by atoms with van der Waals surface area (Å²) in [5, 5.41) is 0.795. The van der Waals surface area contributed by atoms with Gasteiger partial charge in [-0.2, -0.15) is 0 Å². The molecule has 0 saturated carbocycles. The maximum absolute atomic E-state index is 12.9. The molecule has 0 saturated heterocycles. The van der Waals surface area contributed by atoms with Gasteiger partial charge in [0.2, 0.25) is 0 Å². The molecular formula is C15H13O2P. The molecule has 1 heterocycles. The van der Waals surface area contributed by atoms with E-state index in [0.29, 0.717) is 11.9 Å². The highest BCUT2D eigenvalue weighted by atomic mass is 31.2. The summed E-state index contributed by atoms with van der Waals surface area (Å²) in [6.45, 7) is 3.68. The van der Waals surface area contributed by atoms with E-state index >= 15 is 0 Å². The third kappa shape index (κ3) is 1.61. The fraction of sp³-hybridized carbons (Fsp3) is 0.0667. The molecule has 18 heavy (non-hydrogen) atoms. The number of fused-ring (bicyclic) bond motifs is 3. The van der Waals surface area contributed by atoms with Crippen molar-refractivity contribution in [2.45, 2.75) is 0 Å². The van der Waals surface area contributed by atoms with Crippen LogP contribution >= 0.6 is 7.37 Å². The Hall–Kier alpha value is -1.79. The Balaban J connectivity index is 2.29. The van der Waals surface area contributed by atoms with Crippen LogP contribution in [0.5, 0.6) is 5.75 Å². The van der Waals surface area contributed by atoms with Crippen molar-refractivity contribution in [3.8, 4) is 16.9 Å². The van der Waals surface area contributed by atoms with Crippen LogP contribution in [0.4, 0.5) is 0 Å². The lowest BCUT2D eigenvalue weighted by molar-refractivity contribution is 0.494. The van der Waals surface area contributed by atoms with Gasteiger partial charge in [0.1, 0.15) is 5.75 Å². The van der Waals surface area contributed by atoms with Gasteiger partial charge in [0.15, 0.2) is 0 Å². The normalized spacial score (nSPS) is 20.4. The summed E-state index contributed by atoms with van der Waals surface area (Å²) < 4.78 is 18.7. The molecule has 1 aliphatic heterocycles. The summed E-state index contributed by atoms with van der Waals surface area (Å²) in [5.74, 6) is 0.696. The van der Waals surface area contributed by atoms with Gasteiger partial charge >= 0.3 is 0 Å². The van der Waals surface area contributed by atoms with Crippen molar-refractivity contribution in [2.24, 2.45) is 0 Å². The molecule has 90 valence electrons. The van der Waals surface area contributed by atoms with Gasteiger partial charge in [-0.1, -0.05) is 42.5 Å². The van der Waals surface area contributed by atoms with Gasteiger partial charge in [0.25, 0.3) is 7.37 Å². The molecule has 2 aromatic rings. The van der Waals surface area contributed by atoms with Crippen molar-refractivity contribution in [2.75, 3.05) is 6.16 Å². The quantitative estimate of drug-likeness (QED) is 0.603. The predicted octanol–water partition coefficient (Wildman–Crippen LogP) is 3.84. The summed E-state index contributed by atoms with van der Waals surface area (Å²) in [4.78, 5) is 0. The van der Waals surface area contributed by atoms with Gasteiger partial charge < -0.3 is 4.52 Å². The topological polar surface area (TPSA) is 26.3 Å². The van der Waals surface area contributed by atoms with Gasteiger partial charge in [-0.3, -0.25) is 4.57 Å². The first-order valence-corrected chi connectivity index (χ1v) is 7.64. The molecule has 0 spiro atoms. The van der Waals surface area contributed by atoms with Crippen LogP contribution in [0.2, 0.25) is 0 Å². The Kier molecular flexibility index (Phi) is 2.61. The summed E-state index contributed by atoms with van der Waals surface area (Å²) in [6.07, 6.45) is 2.02. The molecule has 0 radical (unpaired) electrons. The van der Waals surface area contributed by atoms with E-state index in [1.807, 2.05) is 48.5 Å². The zero-order valence-electron chi connectivity index (χ0n) is 9.87. The van der Waals surface area contributed by atoms with Crippen molar-refractivity contribution in [3.63, 3.8) is 0 Å². The first-order chi connectivity index (χ1) is 8.74. The maximum Gasteiger partial charge on any atom is 0.281 e. The van der Waals surface area contributed by atoms with E-state index in [9.17, 15) is 4.57 Å². The zero-order chi connectivity index (χ0) is 12.6. The largest absolute Gasteiger partial charge is 0.439 e. The van der Waals surface area contributed by atoms with Crippen LogP contribution in [-0.4, -0.2) is 6.16 Å². The van der Waals surface area contributed by atoms with Crippen LogP contribution < -0.4 is 9.83 Å². The molecule has 1 atom stereocenters. The number of hydrogen-bond donors (Lipinski definition) is 0. The molecule has 3 heteroatoms. The molecule has 2 nitrogen and oxygen atoms in total. The Morgan fingerprint density at radius 1 is 1.06 bits per heavy atom. The fourth-order valence-electron chi connectivity index (χ4n) is 2.28. The lowest BCUT2D eigenvalue weighted by atomic mass is 10.0. The van der Waals surface area contributed by atoms with E-state index in [1.54, 1.807) is 6.08 Å². The SMILES string of the molecule is C=CCP1(=O)Oc2ccccc2-c2ccccc21. The van der Waals surface area contributed by atoms with Crippen LogP contribution in [-0.2, 0) is 4.57 Å². The average molecular weight is 256 g/mol. The van der Waals surface area contributed by atoms with Crippen molar-refractivity contribution in [3.05, 3.63) is 61.2 Å². The van der Waals surface area contributed by atoms with Crippen molar-refractivity contribution in [1.29, 1.82) is 0 Å². The lowest BCUT2D eigenvalue weighted by Crippen LogP contribution is -2.18. The molecule has 0 bridgehead atoms. The summed E-state index contributed by atoms with van der Waals surface area (Å²) in [7, 11) is -2.85. The first-order valence-electron chi connectivity index (χ1n) is 5.83. The highest BCUT2D eigenvalue weighted by Gasteiger charge is 2.34. The van der Waals surface area contributed by atoms with E-state index in [0.717, 1.165) is 16.4 Å². The second kappa shape index (κ2) is 4.15. The Morgan fingerprint density at radius 2 is 1.72 bits per heavy atom. The Morgan fingerprint density at radius 3 is 2.50 bits per heavy atom. The Bertz CT molecular complexity index is 661. The van der Waals surface area contributed by atoms with Gasteiger partial charge in [-0.25, -0.2) is 0 Å². The zero-order valence-corrected chi connectivity index (χ0v) is 10.8. The number of benzene rings is 2. The average Bonchev–Trinajstić information content (AvgIpc) is 2.39. The second-order valence-corrected chi connectivity index (χ2v) is 6.63. The van der Waals surface area contributed by atoms with E-state index in [-0.39, 0.29) is 0 Å². The number of allylic oxidation sites excluding steroid dienone is 1. The van der Waals surface area contributed by atoms with Gasteiger partial charge in [-0.15, -0.1) is 6.58 Å². The van der Waals surface area contributed by atoms with Gasteiger partial charge in [0.05, 0.1) is 11.5 Å². The standard InChI is InChI=1S/C15H13O2P/c1-2-11-18(16)15-10-6-4-8-13(15)12-7-3-5-9-14(12)17-18/h2-10H,1,11H2. The van der Waals surface area contributed by atoms with Crippen LogP contribution in [0, 0.1) is 0 Å². The Labute approximate surface area is 106 Å². The number of hydrogen-bond acceptors (Lipinski definition) is 2. The third-order valence-corrected chi connectivity index (χ3v) is 5.42. The van der Waals surface area contributed by atoms with E-state index in [2.05, 4.69) is 6.58 Å². The molecule has 0 fully saturated rings. The van der Waals surface area contributed by atoms with Crippen LogP contribution in [0.15, 0.2) is 61.2 Å². The third-order valence-electron chi connectivity index (χ3n) is 3.06. The minimum atomic E-state index is -2.85. The monoisotopic (exact) mass is 256 g/mol. The lowest BCUT2D eigenvalue weighted by Gasteiger charge is -2.27. The van der Waals surface area contributed by atoms with Gasteiger partial charge in [0, 0.05) is 5.56 Å². The summed E-state index contributed by atoms with van der Waals surface area (Å²) in [5.41, 5.74) is 2.01. The summed E-state index contributed by atoms with van der Waals surface area (Å²) in [6, 6.07) is 15.4. The fourth-order valence-corrected chi connectivity index (χ4v) is 4.34. The summed E-state index contributed by atoms with van der Waals surface area (Å²) >= 11 is 0. The van der Waals surface area contributed by atoms with E-state index in [4.69, 9.17) is 4.52 Å². The maximum atomic E-state index is 12.9. The van der Waals surface area contributed by atoms with E-state index in [1.165, 1.54) is 0 Å². The molecule has 3 rings (SSSR count). The second-order valence-electron chi connectivity index (χ2n) is 4.25. The minimum absolute atomic E-state index is 0.359. The molecule has 0 amide bonds. The first kappa shape index (κ1) is 11.3. The van der Waals surface area contributed by atoms with Gasteiger partial charge in [-0.05, 0) is 17.7 Å². The smallest absolute Gasteiger partial charge is 0.281 e. The highest BCUT2D eigenvalue weighted by molar-refractivity contribution is 7.68. The van der Waals surface area contributed by atoms with E-state index < -0.39 is 7.37 Å². The molecule has 0 aliphatic carbocycles.